The van der Waals surface area contributed by atoms with E-state index in [9.17, 15) is 13.2 Å². The Bertz CT molecular complexity index is 663. The highest BCUT2D eigenvalue weighted by atomic mass is 79.9. The minimum Gasteiger partial charge on any atom is -0.312 e. The van der Waals surface area contributed by atoms with E-state index in [0.29, 0.717) is 17.3 Å². The molecule has 110 valence electrons. The van der Waals surface area contributed by atoms with Gasteiger partial charge < -0.3 is 4.90 Å². The maximum atomic E-state index is 12.1. The molecule has 8 heteroatoms. The van der Waals surface area contributed by atoms with Crippen LogP contribution in [0.2, 0.25) is 5.02 Å². The third-order valence-corrected chi connectivity index (χ3v) is 5.61. The molecule has 0 radical (unpaired) electrons. The molecular formula is C12H12BrCl2NO3S. The number of nitrogens with zero attached hydrogens (tertiary/aromatic N) is 1. The van der Waals surface area contributed by atoms with Crippen LogP contribution in [-0.2, 0) is 13.8 Å². The lowest BCUT2D eigenvalue weighted by Crippen LogP contribution is -2.26. The Labute approximate surface area is 135 Å². The summed E-state index contributed by atoms with van der Waals surface area (Å²) in [5.41, 5.74) is 1.60. The van der Waals surface area contributed by atoms with Gasteiger partial charge in [-0.2, -0.15) is 0 Å². The van der Waals surface area contributed by atoms with Crippen LogP contribution in [0.5, 0.6) is 0 Å². The molecule has 0 N–H and O–H groups in total. The number of amides is 1. The zero-order chi connectivity index (χ0) is 15.1. The van der Waals surface area contributed by atoms with E-state index in [1.807, 2.05) is 13.0 Å². The van der Waals surface area contributed by atoms with Crippen LogP contribution >= 0.6 is 38.2 Å². The second kappa shape index (κ2) is 5.83. The van der Waals surface area contributed by atoms with Gasteiger partial charge in [0.2, 0.25) is 15.0 Å². The molecular weight excluding hydrogens is 389 g/mol. The van der Waals surface area contributed by atoms with Crippen molar-refractivity contribution in [2.75, 3.05) is 17.2 Å². The number of carbonyl (C=O) groups excluding carboxylic acids is 1. The van der Waals surface area contributed by atoms with Crippen LogP contribution in [0.15, 0.2) is 16.6 Å². The molecule has 1 aliphatic rings. The van der Waals surface area contributed by atoms with Gasteiger partial charge in [-0.3, -0.25) is 4.79 Å². The van der Waals surface area contributed by atoms with E-state index in [4.69, 9.17) is 22.3 Å². The smallest absolute Gasteiger partial charge is 0.232 e. The molecule has 0 bridgehead atoms. The van der Waals surface area contributed by atoms with E-state index in [2.05, 4.69) is 15.9 Å². The highest BCUT2D eigenvalue weighted by Crippen LogP contribution is 2.34. The van der Waals surface area contributed by atoms with Crippen LogP contribution < -0.4 is 4.90 Å². The van der Waals surface area contributed by atoms with Crippen molar-refractivity contribution in [3.63, 3.8) is 0 Å². The summed E-state index contributed by atoms with van der Waals surface area (Å²) in [6.07, 6.45) is 0.180. The molecule has 0 spiro atoms. The third kappa shape index (κ3) is 3.67. The summed E-state index contributed by atoms with van der Waals surface area (Å²) in [6, 6.07) is 3.53. The second-order valence-corrected chi connectivity index (χ2v) is 8.92. The van der Waals surface area contributed by atoms with Crippen molar-refractivity contribution in [2.45, 2.75) is 13.3 Å². The summed E-state index contributed by atoms with van der Waals surface area (Å²) in [6.45, 7) is 2.21. The van der Waals surface area contributed by atoms with Gasteiger partial charge in [0, 0.05) is 39.7 Å². The SMILES string of the molecule is Cc1cc(Br)c(Cl)cc1N1CC(CS(=O)(=O)Cl)CC1=O. The number of hydrogen-bond donors (Lipinski definition) is 0. The Balaban J connectivity index is 2.26. The van der Waals surface area contributed by atoms with Crippen molar-refractivity contribution in [3.05, 3.63) is 27.2 Å². The lowest BCUT2D eigenvalue weighted by Gasteiger charge is -2.20. The molecule has 0 saturated carbocycles. The summed E-state index contributed by atoms with van der Waals surface area (Å²) < 4.78 is 23.0. The molecule has 1 saturated heterocycles. The van der Waals surface area contributed by atoms with Crippen molar-refractivity contribution in [1.29, 1.82) is 0 Å². The molecule has 0 aliphatic carbocycles. The largest absolute Gasteiger partial charge is 0.312 e. The van der Waals surface area contributed by atoms with Gasteiger partial charge in [0.25, 0.3) is 0 Å². The molecule has 1 atom stereocenters. The molecule has 1 aromatic carbocycles. The first-order chi connectivity index (χ1) is 9.17. The summed E-state index contributed by atoms with van der Waals surface area (Å²) >= 11 is 9.38. The maximum Gasteiger partial charge on any atom is 0.232 e. The number of benzene rings is 1. The summed E-state index contributed by atoms with van der Waals surface area (Å²) in [4.78, 5) is 13.6. The van der Waals surface area contributed by atoms with E-state index in [-0.39, 0.29) is 24.0 Å². The van der Waals surface area contributed by atoms with Gasteiger partial charge in [-0.25, -0.2) is 8.42 Å². The average molecular weight is 401 g/mol. The van der Waals surface area contributed by atoms with Gasteiger partial charge in [0.05, 0.1) is 10.8 Å². The Kier molecular flexibility index (Phi) is 4.69. The molecule has 2 rings (SSSR count). The van der Waals surface area contributed by atoms with E-state index < -0.39 is 9.05 Å². The molecule has 1 fully saturated rings. The minimum atomic E-state index is -3.60. The summed E-state index contributed by atoms with van der Waals surface area (Å²) in [5.74, 6) is -0.594. The van der Waals surface area contributed by atoms with Gasteiger partial charge in [-0.05, 0) is 40.5 Å². The van der Waals surface area contributed by atoms with Gasteiger partial charge in [-0.15, -0.1) is 0 Å². The third-order valence-electron chi connectivity index (χ3n) is 3.17. The molecule has 4 nitrogen and oxygen atoms in total. The number of carbonyl (C=O) groups is 1. The molecule has 1 aliphatic heterocycles. The van der Waals surface area contributed by atoms with E-state index in [0.717, 1.165) is 10.0 Å². The average Bonchev–Trinajstić information content (AvgIpc) is 2.62. The topological polar surface area (TPSA) is 54.5 Å². The van der Waals surface area contributed by atoms with Gasteiger partial charge >= 0.3 is 0 Å². The van der Waals surface area contributed by atoms with E-state index in [1.54, 1.807) is 11.0 Å². The highest BCUT2D eigenvalue weighted by Gasteiger charge is 2.33. The van der Waals surface area contributed by atoms with Gasteiger partial charge in [0.1, 0.15) is 0 Å². The monoisotopic (exact) mass is 399 g/mol. The lowest BCUT2D eigenvalue weighted by atomic mass is 10.1. The van der Waals surface area contributed by atoms with Crippen molar-refractivity contribution >= 4 is 58.9 Å². The van der Waals surface area contributed by atoms with Crippen LogP contribution in [0.25, 0.3) is 0 Å². The summed E-state index contributed by atoms with van der Waals surface area (Å²) in [5, 5.41) is 0.506. The standard InChI is InChI=1S/C12H12BrCl2NO3S/c1-7-2-9(13)10(14)4-11(7)16-5-8(3-12(16)17)6-20(15,18)19/h2,4,8H,3,5-6H2,1H3. The van der Waals surface area contributed by atoms with Crippen molar-refractivity contribution < 1.29 is 13.2 Å². The van der Waals surface area contributed by atoms with Crippen molar-refractivity contribution in [1.82, 2.24) is 0 Å². The minimum absolute atomic E-state index is 0.114. The van der Waals surface area contributed by atoms with Gasteiger partial charge in [0.15, 0.2) is 0 Å². The van der Waals surface area contributed by atoms with Crippen molar-refractivity contribution in [3.8, 4) is 0 Å². The number of aryl methyl sites for hydroxylation is 1. The number of rotatable bonds is 3. The molecule has 20 heavy (non-hydrogen) atoms. The predicted octanol–water partition coefficient (Wildman–Crippen LogP) is 3.33. The highest BCUT2D eigenvalue weighted by molar-refractivity contribution is 9.10. The number of halogens is 3. The second-order valence-electron chi connectivity index (χ2n) is 4.83. The fourth-order valence-electron chi connectivity index (χ4n) is 2.33. The van der Waals surface area contributed by atoms with Crippen LogP contribution in [-0.4, -0.2) is 26.6 Å². The number of anilines is 1. The fraction of sp³-hybridized carbons (Fsp3) is 0.417. The zero-order valence-corrected chi connectivity index (χ0v) is 14.5. The van der Waals surface area contributed by atoms with Crippen LogP contribution in [0.3, 0.4) is 0 Å². The first kappa shape index (κ1) is 16.1. The lowest BCUT2D eigenvalue weighted by molar-refractivity contribution is -0.117. The quantitative estimate of drug-likeness (QED) is 0.731. The molecule has 1 heterocycles. The van der Waals surface area contributed by atoms with Crippen molar-refractivity contribution in [2.24, 2.45) is 5.92 Å². The Morgan fingerprint density at radius 1 is 1.45 bits per heavy atom. The molecule has 1 unspecified atom stereocenters. The van der Waals surface area contributed by atoms with Crippen LogP contribution in [0.1, 0.15) is 12.0 Å². The van der Waals surface area contributed by atoms with E-state index in [1.165, 1.54) is 0 Å². The van der Waals surface area contributed by atoms with Crippen LogP contribution in [0, 0.1) is 12.8 Å². The van der Waals surface area contributed by atoms with Gasteiger partial charge in [-0.1, -0.05) is 11.6 Å². The molecule has 1 amide bonds. The Morgan fingerprint density at radius 3 is 2.70 bits per heavy atom. The maximum absolute atomic E-state index is 12.1. The van der Waals surface area contributed by atoms with E-state index >= 15 is 0 Å². The molecule has 1 aromatic rings. The Hall–Kier alpha value is -0.300. The fourth-order valence-corrected chi connectivity index (χ4v) is 4.27. The van der Waals surface area contributed by atoms with Crippen LogP contribution in [0.4, 0.5) is 5.69 Å². The Morgan fingerprint density at radius 2 is 2.10 bits per heavy atom. The number of hydrogen-bond acceptors (Lipinski definition) is 3. The summed E-state index contributed by atoms with van der Waals surface area (Å²) in [7, 11) is 1.65. The first-order valence-electron chi connectivity index (χ1n) is 5.85. The zero-order valence-electron chi connectivity index (χ0n) is 10.6. The molecule has 0 aromatic heterocycles. The first-order valence-corrected chi connectivity index (χ1v) is 9.50. The predicted molar refractivity (Wildman–Crippen MR) is 84.0 cm³/mol. The normalized spacial score (nSPS) is 19.7.